The molecule has 0 saturated carbocycles. The second-order valence-electron chi connectivity index (χ2n) is 9.70. The number of rotatable bonds is 7. The van der Waals surface area contributed by atoms with Crippen molar-refractivity contribution in [1.82, 2.24) is 14.9 Å². The van der Waals surface area contributed by atoms with E-state index in [4.69, 9.17) is 19.2 Å². The maximum absolute atomic E-state index is 5.45. The van der Waals surface area contributed by atoms with E-state index in [1.807, 2.05) is 25.3 Å². The van der Waals surface area contributed by atoms with E-state index in [9.17, 15) is 0 Å². The maximum atomic E-state index is 5.45. The largest absolute Gasteiger partial charge is 0.493 e. The van der Waals surface area contributed by atoms with Crippen LogP contribution in [0.3, 0.4) is 0 Å². The lowest BCUT2D eigenvalue weighted by atomic mass is 9.77. The average Bonchev–Trinajstić information content (AvgIpc) is 2.73. The molecule has 1 aliphatic heterocycles. The van der Waals surface area contributed by atoms with Gasteiger partial charge in [-0.25, -0.2) is 4.98 Å². The Morgan fingerprint density at radius 3 is 2.03 bits per heavy atom. The molecule has 2 aromatic rings. The van der Waals surface area contributed by atoms with Crippen molar-refractivity contribution in [3.8, 4) is 17.2 Å². The molecule has 1 aromatic carbocycles. The van der Waals surface area contributed by atoms with E-state index in [0.29, 0.717) is 29.2 Å². The second kappa shape index (κ2) is 9.02. The normalized spacial score (nSPS) is 18.2. The highest BCUT2D eigenvalue weighted by Gasteiger charge is 2.43. The number of hydrogen-bond donors (Lipinski definition) is 2. The second-order valence-corrected chi connectivity index (χ2v) is 9.70. The standard InChI is InChI=1S/C24H37N5O3/c1-15-14-25-22(27-16-10-18(30-7)20(32-9)19(11-16)31-8)28-21(15)26-17-12-23(2,3)29(6)24(4,5)13-17/h10-11,14,17H,12-13H2,1-9H3,(H2,25,26,27,28). The van der Waals surface area contributed by atoms with E-state index in [0.717, 1.165) is 29.9 Å². The van der Waals surface area contributed by atoms with Crippen LogP contribution in [0.5, 0.6) is 17.2 Å². The van der Waals surface area contributed by atoms with Crippen molar-refractivity contribution in [2.24, 2.45) is 0 Å². The number of aryl methyl sites for hydroxylation is 1. The molecule has 2 N–H and O–H groups in total. The SMILES string of the molecule is COc1cc(Nc2ncc(C)c(NC3CC(C)(C)N(C)C(C)(C)C3)n2)cc(OC)c1OC. The molecule has 0 atom stereocenters. The molecule has 0 bridgehead atoms. The summed E-state index contributed by atoms with van der Waals surface area (Å²) in [6.45, 7) is 11.2. The summed E-state index contributed by atoms with van der Waals surface area (Å²) < 4.78 is 16.3. The van der Waals surface area contributed by atoms with Gasteiger partial charge in [-0.15, -0.1) is 0 Å². The summed E-state index contributed by atoms with van der Waals surface area (Å²) in [6.07, 6.45) is 3.90. The molecule has 2 heterocycles. The topological polar surface area (TPSA) is 80.8 Å². The van der Waals surface area contributed by atoms with Crippen LogP contribution in [-0.4, -0.2) is 60.4 Å². The van der Waals surface area contributed by atoms with Crippen molar-refractivity contribution >= 4 is 17.5 Å². The summed E-state index contributed by atoms with van der Waals surface area (Å²) in [5.41, 5.74) is 1.95. The van der Waals surface area contributed by atoms with E-state index in [1.54, 1.807) is 21.3 Å². The van der Waals surface area contributed by atoms with Crippen LogP contribution in [0.1, 0.15) is 46.1 Å². The van der Waals surface area contributed by atoms with E-state index >= 15 is 0 Å². The third-order valence-corrected chi connectivity index (χ3v) is 6.54. The van der Waals surface area contributed by atoms with Gasteiger partial charge in [0.2, 0.25) is 11.7 Å². The van der Waals surface area contributed by atoms with Gasteiger partial charge in [0.15, 0.2) is 11.5 Å². The number of nitrogens with one attached hydrogen (secondary N) is 2. The van der Waals surface area contributed by atoms with Crippen LogP contribution in [0.15, 0.2) is 18.3 Å². The molecule has 0 amide bonds. The number of benzene rings is 1. The minimum Gasteiger partial charge on any atom is -0.493 e. The zero-order valence-corrected chi connectivity index (χ0v) is 20.8. The van der Waals surface area contributed by atoms with Crippen LogP contribution in [0, 0.1) is 6.92 Å². The number of hydrogen-bond acceptors (Lipinski definition) is 8. The fourth-order valence-corrected chi connectivity index (χ4v) is 4.60. The first-order valence-electron chi connectivity index (χ1n) is 10.9. The molecule has 3 rings (SSSR count). The third-order valence-electron chi connectivity index (χ3n) is 6.54. The van der Waals surface area contributed by atoms with Crippen molar-refractivity contribution in [2.45, 2.75) is 64.6 Å². The van der Waals surface area contributed by atoms with E-state index < -0.39 is 0 Å². The first kappa shape index (κ1) is 23.9. The first-order valence-corrected chi connectivity index (χ1v) is 10.9. The average molecular weight is 444 g/mol. The minimum atomic E-state index is 0.0949. The van der Waals surface area contributed by atoms with Gasteiger partial charge in [-0.3, -0.25) is 4.90 Å². The third kappa shape index (κ3) is 4.85. The Bertz CT molecular complexity index is 918. The summed E-state index contributed by atoms with van der Waals surface area (Å²) in [4.78, 5) is 11.7. The Balaban J connectivity index is 1.84. The van der Waals surface area contributed by atoms with E-state index in [-0.39, 0.29) is 11.1 Å². The van der Waals surface area contributed by atoms with E-state index in [2.05, 4.69) is 55.3 Å². The van der Waals surface area contributed by atoms with Crippen molar-refractivity contribution in [3.63, 3.8) is 0 Å². The smallest absolute Gasteiger partial charge is 0.229 e. The summed E-state index contributed by atoms with van der Waals surface area (Å²) in [5.74, 6) is 3.02. The van der Waals surface area contributed by atoms with Crippen LogP contribution >= 0.6 is 0 Å². The maximum Gasteiger partial charge on any atom is 0.229 e. The fraction of sp³-hybridized carbons (Fsp3) is 0.583. The van der Waals surface area contributed by atoms with Crippen molar-refractivity contribution in [1.29, 1.82) is 0 Å². The summed E-state index contributed by atoms with van der Waals surface area (Å²) in [5, 5.41) is 6.95. The van der Waals surface area contributed by atoms with Crippen LogP contribution in [-0.2, 0) is 0 Å². The molecule has 0 aliphatic carbocycles. The van der Waals surface area contributed by atoms with Gasteiger partial charge in [-0.2, -0.15) is 4.98 Å². The van der Waals surface area contributed by atoms with Crippen LogP contribution < -0.4 is 24.8 Å². The Kier molecular flexibility index (Phi) is 6.74. The number of nitrogens with zero attached hydrogens (tertiary/aromatic N) is 3. The predicted molar refractivity (Wildman–Crippen MR) is 129 cm³/mol. The van der Waals surface area contributed by atoms with Gasteiger partial charge in [0.05, 0.1) is 21.3 Å². The van der Waals surface area contributed by atoms with Gasteiger partial charge in [0.1, 0.15) is 5.82 Å². The van der Waals surface area contributed by atoms with Gasteiger partial charge in [0, 0.05) is 46.7 Å². The molecule has 8 heteroatoms. The Morgan fingerprint density at radius 1 is 0.969 bits per heavy atom. The zero-order chi connectivity index (χ0) is 23.7. The quantitative estimate of drug-likeness (QED) is 0.642. The Morgan fingerprint density at radius 2 is 1.53 bits per heavy atom. The Hall–Kier alpha value is -2.74. The molecule has 8 nitrogen and oxygen atoms in total. The lowest BCUT2D eigenvalue weighted by Gasteiger charge is -2.53. The molecule has 1 aliphatic rings. The summed E-state index contributed by atoms with van der Waals surface area (Å²) in [7, 11) is 6.98. The number of methoxy groups -OCH3 is 3. The monoisotopic (exact) mass is 443 g/mol. The van der Waals surface area contributed by atoms with Crippen LogP contribution in [0.25, 0.3) is 0 Å². The molecule has 0 unspecified atom stereocenters. The van der Waals surface area contributed by atoms with Gasteiger partial charge in [-0.1, -0.05) is 0 Å². The van der Waals surface area contributed by atoms with Gasteiger partial charge < -0.3 is 24.8 Å². The molecule has 1 fully saturated rings. The molecular formula is C24H37N5O3. The highest BCUT2D eigenvalue weighted by molar-refractivity contribution is 5.66. The highest BCUT2D eigenvalue weighted by atomic mass is 16.5. The molecule has 176 valence electrons. The molecule has 0 spiro atoms. The predicted octanol–water partition coefficient (Wildman–Crippen LogP) is 4.62. The summed E-state index contributed by atoms with van der Waals surface area (Å²) in [6, 6.07) is 3.98. The van der Waals surface area contributed by atoms with Gasteiger partial charge >= 0.3 is 0 Å². The van der Waals surface area contributed by atoms with Gasteiger partial charge in [0.25, 0.3) is 0 Å². The van der Waals surface area contributed by atoms with E-state index in [1.165, 1.54) is 0 Å². The molecule has 0 radical (unpaired) electrons. The number of likely N-dealkylation sites (tertiary alicyclic amines) is 1. The van der Waals surface area contributed by atoms with Gasteiger partial charge in [-0.05, 0) is 54.5 Å². The molecular weight excluding hydrogens is 406 g/mol. The fourth-order valence-electron chi connectivity index (χ4n) is 4.60. The molecule has 1 saturated heterocycles. The lowest BCUT2D eigenvalue weighted by molar-refractivity contribution is -0.00773. The number of anilines is 3. The van der Waals surface area contributed by atoms with Crippen molar-refractivity contribution in [2.75, 3.05) is 39.0 Å². The molecule has 32 heavy (non-hydrogen) atoms. The minimum absolute atomic E-state index is 0.0949. The summed E-state index contributed by atoms with van der Waals surface area (Å²) >= 11 is 0. The molecule has 1 aromatic heterocycles. The van der Waals surface area contributed by atoms with Crippen LogP contribution in [0.2, 0.25) is 0 Å². The Labute approximate surface area is 191 Å². The highest BCUT2D eigenvalue weighted by Crippen LogP contribution is 2.41. The van der Waals surface area contributed by atoms with Crippen LogP contribution in [0.4, 0.5) is 17.5 Å². The first-order chi connectivity index (χ1) is 15.0. The van der Waals surface area contributed by atoms with Crippen molar-refractivity contribution in [3.05, 3.63) is 23.9 Å². The number of piperidine rings is 1. The zero-order valence-electron chi connectivity index (χ0n) is 20.8. The number of ether oxygens (including phenoxy) is 3. The van der Waals surface area contributed by atoms with Crippen molar-refractivity contribution < 1.29 is 14.2 Å². The number of aromatic nitrogens is 2. The lowest BCUT2D eigenvalue weighted by Crippen LogP contribution is -2.61.